The lowest BCUT2D eigenvalue weighted by molar-refractivity contribution is 0.715. The first kappa shape index (κ1) is 27.1. The Morgan fingerprint density at radius 3 is 1.67 bits per heavy atom. The molecule has 0 spiro atoms. The van der Waals surface area contributed by atoms with Crippen LogP contribution in [0.25, 0.3) is 33.0 Å². The smallest absolute Gasteiger partial charge is 0.0619 e. The van der Waals surface area contributed by atoms with Crippen molar-refractivity contribution in [2.75, 3.05) is 0 Å². The molecule has 0 fully saturated rings. The summed E-state index contributed by atoms with van der Waals surface area (Å²) in [7, 11) is 0. The second-order valence-electron chi connectivity index (χ2n) is 13.6. The molecule has 0 radical (unpaired) electrons. The molecule has 2 aliphatic rings. The van der Waals surface area contributed by atoms with E-state index in [-0.39, 0.29) is 5.41 Å². The first-order valence-corrected chi connectivity index (χ1v) is 16.4. The monoisotopic (exact) mass is 588 g/mol. The zero-order chi connectivity index (χ0) is 31.2. The molecule has 0 aromatic heterocycles. The molecule has 0 heterocycles. The van der Waals surface area contributed by atoms with Crippen molar-refractivity contribution in [1.82, 2.24) is 0 Å². The van der Waals surface area contributed by atoms with E-state index in [1.807, 2.05) is 0 Å². The number of aryl methyl sites for hydroxylation is 3. The molecule has 0 saturated heterocycles. The Kier molecular flexibility index (Phi) is 5.69. The molecule has 2 aliphatic carbocycles. The van der Waals surface area contributed by atoms with E-state index >= 15 is 0 Å². The van der Waals surface area contributed by atoms with Gasteiger partial charge >= 0.3 is 0 Å². The fourth-order valence-corrected chi connectivity index (χ4v) is 8.94. The van der Waals surface area contributed by atoms with Crippen LogP contribution in [0.1, 0.15) is 62.6 Å². The SMILES string of the molecule is Cc1ccc(C2(c3ccc(C)cc3)c3ccccc3-c3c(C4(C)c5ccccc5-c5ccc6ccccc6c54)cc(C)cc32)cc1. The summed E-state index contributed by atoms with van der Waals surface area (Å²) < 4.78 is 0. The normalized spacial score (nSPS) is 17.0. The van der Waals surface area contributed by atoms with E-state index in [1.54, 1.807) is 0 Å². The molecule has 1 atom stereocenters. The highest BCUT2D eigenvalue weighted by molar-refractivity contribution is 6.00. The highest BCUT2D eigenvalue weighted by Gasteiger charge is 2.51. The molecule has 220 valence electrons. The Labute approximate surface area is 272 Å². The quantitative estimate of drug-likeness (QED) is 0.193. The Bertz CT molecular complexity index is 2290. The second kappa shape index (κ2) is 9.65. The zero-order valence-electron chi connectivity index (χ0n) is 26.9. The molecule has 0 amide bonds. The minimum Gasteiger partial charge on any atom is -0.0619 e. The summed E-state index contributed by atoms with van der Waals surface area (Å²) in [6, 6.07) is 55.4. The van der Waals surface area contributed by atoms with E-state index < -0.39 is 5.41 Å². The van der Waals surface area contributed by atoms with Crippen molar-refractivity contribution in [2.24, 2.45) is 0 Å². The van der Waals surface area contributed by atoms with Crippen molar-refractivity contribution < 1.29 is 0 Å². The van der Waals surface area contributed by atoms with Crippen LogP contribution in [-0.2, 0) is 10.8 Å². The lowest BCUT2D eigenvalue weighted by atomic mass is 9.65. The molecule has 7 aromatic carbocycles. The Hall–Kier alpha value is -5.20. The van der Waals surface area contributed by atoms with Gasteiger partial charge in [0.1, 0.15) is 0 Å². The van der Waals surface area contributed by atoms with E-state index in [4.69, 9.17) is 0 Å². The molecule has 0 heteroatoms. The highest BCUT2D eigenvalue weighted by atomic mass is 14.5. The van der Waals surface area contributed by atoms with E-state index in [1.165, 1.54) is 88.7 Å². The number of fused-ring (bicyclic) bond motifs is 8. The molecule has 7 aromatic rings. The fourth-order valence-electron chi connectivity index (χ4n) is 8.94. The maximum absolute atomic E-state index is 2.49. The van der Waals surface area contributed by atoms with Crippen LogP contribution in [0, 0.1) is 20.8 Å². The summed E-state index contributed by atoms with van der Waals surface area (Å²) in [6.45, 7) is 9.14. The van der Waals surface area contributed by atoms with Crippen LogP contribution in [0.15, 0.2) is 146 Å². The summed E-state index contributed by atoms with van der Waals surface area (Å²) in [6.07, 6.45) is 0. The second-order valence-corrected chi connectivity index (χ2v) is 13.6. The third-order valence-corrected chi connectivity index (χ3v) is 11.0. The Morgan fingerprint density at radius 1 is 0.413 bits per heavy atom. The average Bonchev–Trinajstić information content (AvgIpc) is 3.53. The summed E-state index contributed by atoms with van der Waals surface area (Å²) in [5.74, 6) is 0. The standard InChI is InChI=1S/C46H36/c1-29-17-22-33(23-18-29)46(34-24-19-30(2)20-25-34)40-16-10-8-14-38(40)43-41(27-31(3)28-42(43)46)45(4)39-15-9-7-13-36(39)37-26-21-32-11-5-6-12-35(32)44(37)45/h5-28H,1-4H3. The van der Waals surface area contributed by atoms with Crippen LogP contribution in [0.5, 0.6) is 0 Å². The minimum atomic E-state index is -0.440. The van der Waals surface area contributed by atoms with Gasteiger partial charge in [0.25, 0.3) is 0 Å². The van der Waals surface area contributed by atoms with Gasteiger partial charge in [-0.15, -0.1) is 0 Å². The third-order valence-electron chi connectivity index (χ3n) is 11.0. The van der Waals surface area contributed by atoms with Crippen molar-refractivity contribution in [3.63, 3.8) is 0 Å². The van der Waals surface area contributed by atoms with Gasteiger partial charge in [-0.05, 0) is 99.7 Å². The molecule has 1 unspecified atom stereocenters. The van der Waals surface area contributed by atoms with Crippen LogP contribution in [-0.4, -0.2) is 0 Å². The summed E-state index contributed by atoms with van der Waals surface area (Å²) in [5, 5.41) is 2.63. The predicted octanol–water partition coefficient (Wildman–Crippen LogP) is 11.5. The van der Waals surface area contributed by atoms with Gasteiger partial charge in [0, 0.05) is 5.41 Å². The molecular formula is C46H36. The van der Waals surface area contributed by atoms with Crippen LogP contribution in [0.4, 0.5) is 0 Å². The van der Waals surface area contributed by atoms with Crippen LogP contribution in [0.3, 0.4) is 0 Å². The van der Waals surface area contributed by atoms with E-state index in [9.17, 15) is 0 Å². The number of hydrogen-bond acceptors (Lipinski definition) is 0. The van der Waals surface area contributed by atoms with Crippen LogP contribution < -0.4 is 0 Å². The van der Waals surface area contributed by atoms with Gasteiger partial charge < -0.3 is 0 Å². The van der Waals surface area contributed by atoms with E-state index in [0.717, 1.165) is 0 Å². The average molecular weight is 589 g/mol. The molecule has 0 saturated carbocycles. The first-order chi connectivity index (χ1) is 22.4. The van der Waals surface area contributed by atoms with Gasteiger partial charge in [-0.1, -0.05) is 162 Å². The lowest BCUT2D eigenvalue weighted by Crippen LogP contribution is -2.29. The molecule has 9 rings (SSSR count). The fraction of sp³-hybridized carbons (Fsp3) is 0.130. The summed E-state index contributed by atoms with van der Waals surface area (Å²) in [5.41, 5.74) is 18.0. The van der Waals surface area contributed by atoms with Gasteiger partial charge in [0.2, 0.25) is 0 Å². The Balaban J connectivity index is 1.46. The van der Waals surface area contributed by atoms with Crippen LogP contribution in [0.2, 0.25) is 0 Å². The van der Waals surface area contributed by atoms with Crippen molar-refractivity contribution >= 4 is 10.8 Å². The number of benzene rings is 7. The molecule has 0 aliphatic heterocycles. The maximum atomic E-state index is 2.49. The maximum Gasteiger partial charge on any atom is 0.0713 e. The van der Waals surface area contributed by atoms with E-state index in [2.05, 4.69) is 173 Å². The van der Waals surface area contributed by atoms with Gasteiger partial charge in [0.15, 0.2) is 0 Å². The molecule has 0 bridgehead atoms. The zero-order valence-corrected chi connectivity index (χ0v) is 26.9. The van der Waals surface area contributed by atoms with Gasteiger partial charge in [-0.3, -0.25) is 0 Å². The van der Waals surface area contributed by atoms with Gasteiger partial charge in [0.05, 0.1) is 5.41 Å². The van der Waals surface area contributed by atoms with Crippen molar-refractivity contribution in [2.45, 2.75) is 38.5 Å². The molecule has 0 nitrogen and oxygen atoms in total. The van der Waals surface area contributed by atoms with Crippen molar-refractivity contribution in [3.8, 4) is 22.3 Å². The molecule has 46 heavy (non-hydrogen) atoms. The van der Waals surface area contributed by atoms with Crippen molar-refractivity contribution in [3.05, 3.63) is 201 Å². The minimum absolute atomic E-state index is 0.355. The predicted molar refractivity (Wildman–Crippen MR) is 193 cm³/mol. The number of hydrogen-bond donors (Lipinski definition) is 0. The Morgan fingerprint density at radius 2 is 0.978 bits per heavy atom. The molecule has 0 N–H and O–H groups in total. The van der Waals surface area contributed by atoms with Crippen molar-refractivity contribution in [1.29, 1.82) is 0 Å². The molecular weight excluding hydrogens is 553 g/mol. The largest absolute Gasteiger partial charge is 0.0713 e. The highest BCUT2D eigenvalue weighted by Crippen LogP contribution is 2.62. The lowest BCUT2D eigenvalue weighted by Gasteiger charge is -2.36. The van der Waals surface area contributed by atoms with Gasteiger partial charge in [-0.25, -0.2) is 0 Å². The topological polar surface area (TPSA) is 0 Å². The first-order valence-electron chi connectivity index (χ1n) is 16.4. The van der Waals surface area contributed by atoms with Crippen LogP contribution >= 0.6 is 0 Å². The number of rotatable bonds is 3. The summed E-state index contributed by atoms with van der Waals surface area (Å²) in [4.78, 5) is 0. The van der Waals surface area contributed by atoms with E-state index in [0.29, 0.717) is 0 Å². The third kappa shape index (κ3) is 3.45. The summed E-state index contributed by atoms with van der Waals surface area (Å²) >= 11 is 0. The van der Waals surface area contributed by atoms with Gasteiger partial charge in [-0.2, -0.15) is 0 Å².